The first-order valence-electron chi connectivity index (χ1n) is 11.3. The van der Waals surface area contributed by atoms with Crippen molar-refractivity contribution in [2.45, 2.75) is 38.5 Å². The summed E-state index contributed by atoms with van der Waals surface area (Å²) in [6, 6.07) is 11.3. The van der Waals surface area contributed by atoms with Gasteiger partial charge in [0.1, 0.15) is 18.4 Å². The number of likely N-dealkylation sites (tertiary alicyclic amines) is 1. The molecule has 34 heavy (non-hydrogen) atoms. The van der Waals surface area contributed by atoms with E-state index < -0.39 is 6.10 Å². The third-order valence-electron chi connectivity index (χ3n) is 6.89. The summed E-state index contributed by atoms with van der Waals surface area (Å²) in [6.07, 6.45) is 3.97. The zero-order valence-electron chi connectivity index (χ0n) is 19.2. The van der Waals surface area contributed by atoms with Crippen molar-refractivity contribution < 1.29 is 19.4 Å². The quantitative estimate of drug-likeness (QED) is 0.587. The third-order valence-corrected chi connectivity index (χ3v) is 6.89. The lowest BCUT2D eigenvalue weighted by Gasteiger charge is -2.37. The fourth-order valence-corrected chi connectivity index (χ4v) is 4.97. The number of cyclic esters (lactones) is 1. The van der Waals surface area contributed by atoms with E-state index in [-0.39, 0.29) is 11.9 Å². The van der Waals surface area contributed by atoms with Gasteiger partial charge >= 0.3 is 5.97 Å². The van der Waals surface area contributed by atoms with Crippen molar-refractivity contribution in [2.24, 2.45) is 0 Å². The molecule has 0 saturated carbocycles. The number of piperidine rings is 1. The molecule has 2 aliphatic rings. The van der Waals surface area contributed by atoms with Gasteiger partial charge in [-0.05, 0) is 42.7 Å². The Morgan fingerprint density at radius 2 is 2.18 bits per heavy atom. The van der Waals surface area contributed by atoms with Crippen LogP contribution in [0.1, 0.15) is 50.6 Å². The molecule has 1 aromatic heterocycles. The summed E-state index contributed by atoms with van der Waals surface area (Å²) in [5.74, 6) is 0.213. The number of nitrogens with zero attached hydrogens (tertiary/aromatic N) is 4. The molecule has 2 atom stereocenters. The van der Waals surface area contributed by atoms with Crippen molar-refractivity contribution in [3.05, 3.63) is 76.4 Å². The largest absolute Gasteiger partial charge is 0.495 e. The van der Waals surface area contributed by atoms with Crippen LogP contribution in [-0.4, -0.2) is 51.8 Å². The van der Waals surface area contributed by atoms with Crippen LogP contribution in [0.5, 0.6) is 5.75 Å². The molecule has 3 aromatic rings. The number of carbonyl (C=O) groups excluding carboxylic acids is 1. The van der Waals surface area contributed by atoms with Crippen LogP contribution >= 0.6 is 0 Å². The molecule has 1 saturated heterocycles. The number of aliphatic hydroxyl groups is 1. The van der Waals surface area contributed by atoms with Crippen LogP contribution in [0.3, 0.4) is 0 Å². The molecule has 0 unspecified atom stereocenters. The Kier molecular flexibility index (Phi) is 5.82. The number of aliphatic hydroxyl groups excluding tert-OH is 1. The summed E-state index contributed by atoms with van der Waals surface area (Å²) < 4.78 is 12.4. The molecule has 1 N–H and O–H groups in total. The molecule has 174 valence electrons. The second-order valence-electron chi connectivity index (χ2n) is 8.85. The van der Waals surface area contributed by atoms with Crippen LogP contribution < -0.4 is 4.74 Å². The number of carbonyl (C=O) groups is 1. The number of hydrogen-bond donors (Lipinski definition) is 1. The number of methoxy groups -OCH3 is 1. The molecule has 0 aliphatic carbocycles. The zero-order chi connectivity index (χ0) is 23.8. The third kappa shape index (κ3) is 3.94. The number of nitriles is 1. The average molecular weight is 459 g/mol. The van der Waals surface area contributed by atoms with Gasteiger partial charge in [0, 0.05) is 43.4 Å². The van der Waals surface area contributed by atoms with Gasteiger partial charge in [-0.1, -0.05) is 6.07 Å². The lowest BCUT2D eigenvalue weighted by molar-refractivity contribution is 0.0532. The summed E-state index contributed by atoms with van der Waals surface area (Å²) in [7, 11) is 1.55. The van der Waals surface area contributed by atoms with Gasteiger partial charge in [-0.3, -0.25) is 4.90 Å². The Morgan fingerprint density at radius 3 is 2.97 bits per heavy atom. The summed E-state index contributed by atoms with van der Waals surface area (Å²) in [6.45, 7) is 4.45. The topological polar surface area (TPSA) is 101 Å². The molecular weight excluding hydrogens is 432 g/mol. The number of esters is 1. The summed E-state index contributed by atoms with van der Waals surface area (Å²) in [4.78, 5) is 18.8. The molecule has 0 amide bonds. The van der Waals surface area contributed by atoms with Gasteiger partial charge in [0.05, 0.1) is 42.0 Å². The van der Waals surface area contributed by atoms with E-state index in [1.165, 1.54) is 0 Å². The van der Waals surface area contributed by atoms with Gasteiger partial charge in [-0.25, -0.2) is 9.78 Å². The van der Waals surface area contributed by atoms with Crippen LogP contribution in [0.25, 0.3) is 5.69 Å². The van der Waals surface area contributed by atoms with Crippen molar-refractivity contribution in [3.8, 4) is 17.5 Å². The molecular formula is C26H26N4O4. The first-order valence-corrected chi connectivity index (χ1v) is 11.3. The molecule has 5 rings (SSSR count). The van der Waals surface area contributed by atoms with Gasteiger partial charge in [0.25, 0.3) is 0 Å². The first kappa shape index (κ1) is 22.1. The van der Waals surface area contributed by atoms with Crippen LogP contribution in [0.4, 0.5) is 0 Å². The lowest BCUT2D eigenvalue weighted by Crippen LogP contribution is -2.41. The molecule has 8 heteroatoms. The van der Waals surface area contributed by atoms with E-state index in [1.807, 2.05) is 42.0 Å². The van der Waals surface area contributed by atoms with Crippen molar-refractivity contribution in [3.63, 3.8) is 0 Å². The van der Waals surface area contributed by atoms with Crippen LogP contribution in [0, 0.1) is 18.3 Å². The Labute approximate surface area is 198 Å². The molecule has 2 aromatic carbocycles. The number of fused-ring (bicyclic) bond motifs is 1. The van der Waals surface area contributed by atoms with Crippen LogP contribution in [-0.2, 0) is 17.9 Å². The fraction of sp³-hybridized carbons (Fsp3) is 0.346. The van der Waals surface area contributed by atoms with E-state index in [9.17, 15) is 15.2 Å². The number of rotatable bonds is 5. The Balaban J connectivity index is 1.33. The smallest absolute Gasteiger partial charge is 0.338 e. The minimum absolute atomic E-state index is 0.0420. The fourth-order valence-electron chi connectivity index (χ4n) is 4.97. The standard InChI is InChI=1S/C26H26N4O4/c1-16-20(5-6-21-23(16)14-34-26(21)32)22-13-29(8-7-24(22)31)11-18-12-30(15-28-18)19-4-3-17(10-27)25(9-19)33-2/h3-6,9,12,15,22,24,31H,7-8,11,13-14H2,1-2H3/t22-,24+/m0/s1. The minimum atomic E-state index is -0.435. The van der Waals surface area contributed by atoms with E-state index in [2.05, 4.69) is 16.0 Å². The van der Waals surface area contributed by atoms with E-state index in [1.54, 1.807) is 19.5 Å². The molecule has 1 fully saturated rings. The second-order valence-corrected chi connectivity index (χ2v) is 8.85. The Hall–Kier alpha value is -3.67. The normalized spacial score (nSPS) is 20.0. The van der Waals surface area contributed by atoms with Crippen molar-refractivity contribution in [1.82, 2.24) is 14.5 Å². The molecule has 0 bridgehead atoms. The highest BCUT2D eigenvalue weighted by Crippen LogP contribution is 2.34. The molecule has 8 nitrogen and oxygen atoms in total. The summed E-state index contributed by atoms with van der Waals surface area (Å²) in [5.41, 5.74) is 5.95. The van der Waals surface area contributed by atoms with Crippen LogP contribution in [0.15, 0.2) is 42.9 Å². The first-order chi connectivity index (χ1) is 16.5. The van der Waals surface area contributed by atoms with Crippen molar-refractivity contribution in [2.75, 3.05) is 20.2 Å². The maximum absolute atomic E-state index is 11.9. The molecule has 3 heterocycles. The highest BCUT2D eigenvalue weighted by molar-refractivity contribution is 5.94. The second kappa shape index (κ2) is 8.93. The van der Waals surface area contributed by atoms with Crippen LogP contribution in [0.2, 0.25) is 0 Å². The SMILES string of the molecule is COc1cc(-n2cnc(CN3CC[C@@H](O)[C@H](c4ccc5c(c4C)COC5=O)C3)c2)ccc1C#N. The summed E-state index contributed by atoms with van der Waals surface area (Å²) in [5, 5.41) is 20.0. The van der Waals surface area contributed by atoms with Gasteiger partial charge in [-0.15, -0.1) is 0 Å². The van der Waals surface area contributed by atoms with Crippen molar-refractivity contribution >= 4 is 5.97 Å². The average Bonchev–Trinajstić information content (AvgIpc) is 3.47. The number of ether oxygens (including phenoxy) is 2. The zero-order valence-corrected chi connectivity index (χ0v) is 19.2. The summed E-state index contributed by atoms with van der Waals surface area (Å²) >= 11 is 0. The maximum atomic E-state index is 11.9. The maximum Gasteiger partial charge on any atom is 0.338 e. The highest BCUT2D eigenvalue weighted by atomic mass is 16.5. The number of aromatic nitrogens is 2. The predicted molar refractivity (Wildman–Crippen MR) is 124 cm³/mol. The van der Waals surface area contributed by atoms with E-state index in [0.717, 1.165) is 34.6 Å². The predicted octanol–water partition coefficient (Wildman–Crippen LogP) is 3.08. The van der Waals surface area contributed by atoms with E-state index >= 15 is 0 Å². The minimum Gasteiger partial charge on any atom is -0.495 e. The van der Waals surface area contributed by atoms with Gasteiger partial charge in [0.2, 0.25) is 0 Å². The molecule has 0 radical (unpaired) electrons. The highest BCUT2D eigenvalue weighted by Gasteiger charge is 2.33. The Bertz CT molecular complexity index is 1290. The van der Waals surface area contributed by atoms with E-state index in [4.69, 9.17) is 9.47 Å². The number of hydrogen-bond acceptors (Lipinski definition) is 7. The van der Waals surface area contributed by atoms with Gasteiger partial charge in [0.15, 0.2) is 0 Å². The van der Waals surface area contributed by atoms with Crippen molar-refractivity contribution in [1.29, 1.82) is 5.26 Å². The van der Waals surface area contributed by atoms with E-state index in [0.29, 0.717) is 43.0 Å². The molecule has 2 aliphatic heterocycles. The lowest BCUT2D eigenvalue weighted by atomic mass is 9.83. The Morgan fingerprint density at radius 1 is 1.32 bits per heavy atom. The van der Waals surface area contributed by atoms with Gasteiger partial charge in [-0.2, -0.15) is 5.26 Å². The number of imidazole rings is 1. The molecule has 0 spiro atoms. The number of benzene rings is 2. The monoisotopic (exact) mass is 458 g/mol. The van der Waals surface area contributed by atoms with Gasteiger partial charge < -0.3 is 19.1 Å².